The first kappa shape index (κ1) is 21.4. The molecule has 0 spiro atoms. The van der Waals surface area contributed by atoms with E-state index in [-0.39, 0.29) is 31.4 Å². The molecule has 1 aromatic carbocycles. The third-order valence-corrected chi connectivity index (χ3v) is 4.91. The second-order valence-corrected chi connectivity index (χ2v) is 7.24. The molecule has 30 heavy (non-hydrogen) atoms. The lowest BCUT2D eigenvalue weighted by molar-refractivity contribution is -0.159. The molecule has 2 aromatic rings. The summed E-state index contributed by atoms with van der Waals surface area (Å²) in [4.78, 5) is 49.2. The van der Waals surface area contributed by atoms with Gasteiger partial charge in [-0.3, -0.25) is 19.7 Å². The lowest BCUT2D eigenvalue weighted by Gasteiger charge is -2.37. The van der Waals surface area contributed by atoms with Crippen molar-refractivity contribution in [3.05, 3.63) is 53.1 Å². The molecule has 9 heteroatoms. The average molecular weight is 413 g/mol. The topological polar surface area (TPSA) is 95.5 Å². The second kappa shape index (κ2) is 8.98. The van der Waals surface area contributed by atoms with Crippen molar-refractivity contribution in [2.45, 2.75) is 39.8 Å². The Bertz CT molecular complexity index is 943. The van der Waals surface area contributed by atoms with Crippen molar-refractivity contribution in [2.75, 3.05) is 18.4 Å². The summed E-state index contributed by atoms with van der Waals surface area (Å²) in [5.41, 5.74) is 2.15. The fourth-order valence-electron chi connectivity index (χ4n) is 3.47. The first-order chi connectivity index (χ1) is 14.3. The van der Waals surface area contributed by atoms with Crippen molar-refractivity contribution in [2.24, 2.45) is 0 Å². The number of anilines is 1. The Morgan fingerprint density at radius 3 is 2.33 bits per heavy atom. The fourth-order valence-corrected chi connectivity index (χ4v) is 3.47. The van der Waals surface area contributed by atoms with E-state index in [1.807, 2.05) is 0 Å². The van der Waals surface area contributed by atoms with E-state index < -0.39 is 23.8 Å². The number of carbonyl (C=O) groups excluding carboxylic acids is 3. The highest BCUT2D eigenvalue weighted by Gasteiger charge is 2.38. The van der Waals surface area contributed by atoms with E-state index in [4.69, 9.17) is 0 Å². The molecule has 1 aromatic heterocycles. The van der Waals surface area contributed by atoms with Crippen LogP contribution in [0.5, 0.6) is 0 Å². The molecule has 8 nitrogen and oxygen atoms in total. The normalized spacial score (nSPS) is 15.3. The van der Waals surface area contributed by atoms with Crippen LogP contribution in [0.3, 0.4) is 0 Å². The van der Waals surface area contributed by atoms with Gasteiger partial charge < -0.3 is 9.80 Å². The van der Waals surface area contributed by atoms with Gasteiger partial charge in [0.1, 0.15) is 11.9 Å². The molecule has 1 atom stereocenters. The van der Waals surface area contributed by atoms with Gasteiger partial charge in [-0.1, -0.05) is 19.1 Å². The van der Waals surface area contributed by atoms with Crippen molar-refractivity contribution in [1.82, 2.24) is 19.8 Å². The molecule has 1 aliphatic rings. The standard InChI is InChI=1S/C21H24FN5O3/c1-4-17(18(28)25-21-23-13(2)11-14(3)24-21)27-10-9-26(19(29)20(27)30)12-15-5-7-16(22)8-6-15/h5-8,11,17H,4,9-10,12H2,1-3H3,(H,23,24,25,28). The molecule has 3 amide bonds. The monoisotopic (exact) mass is 413 g/mol. The number of hydrogen-bond acceptors (Lipinski definition) is 5. The third-order valence-electron chi connectivity index (χ3n) is 4.91. The highest BCUT2D eigenvalue weighted by atomic mass is 19.1. The molecule has 1 saturated heterocycles. The first-order valence-electron chi connectivity index (χ1n) is 9.76. The minimum atomic E-state index is -0.807. The highest BCUT2D eigenvalue weighted by molar-refractivity contribution is 6.35. The largest absolute Gasteiger partial charge is 0.328 e. The van der Waals surface area contributed by atoms with Crippen LogP contribution >= 0.6 is 0 Å². The number of halogens is 1. The molecule has 1 unspecified atom stereocenters. The van der Waals surface area contributed by atoms with Gasteiger partial charge in [0.05, 0.1) is 0 Å². The maximum atomic E-state index is 13.1. The van der Waals surface area contributed by atoms with Crippen molar-refractivity contribution in [3.8, 4) is 0 Å². The fraction of sp³-hybridized carbons (Fsp3) is 0.381. The number of aromatic nitrogens is 2. The molecular formula is C21H24FN5O3. The van der Waals surface area contributed by atoms with Crippen LogP contribution in [0.15, 0.2) is 30.3 Å². The van der Waals surface area contributed by atoms with E-state index >= 15 is 0 Å². The van der Waals surface area contributed by atoms with Crippen molar-refractivity contribution in [1.29, 1.82) is 0 Å². The number of piperazine rings is 1. The summed E-state index contributed by atoms with van der Waals surface area (Å²) in [6, 6.07) is 6.75. The molecule has 1 N–H and O–H groups in total. The van der Waals surface area contributed by atoms with Crippen molar-refractivity contribution in [3.63, 3.8) is 0 Å². The highest BCUT2D eigenvalue weighted by Crippen LogP contribution is 2.16. The number of rotatable bonds is 6. The Labute approximate surface area is 174 Å². The zero-order valence-corrected chi connectivity index (χ0v) is 17.2. The summed E-state index contributed by atoms with van der Waals surface area (Å²) in [6.45, 7) is 6.08. The number of carbonyl (C=O) groups is 3. The molecule has 1 aliphatic heterocycles. The number of benzene rings is 1. The van der Waals surface area contributed by atoms with Gasteiger partial charge in [0.25, 0.3) is 0 Å². The van der Waals surface area contributed by atoms with Crippen LogP contribution in [-0.2, 0) is 20.9 Å². The van der Waals surface area contributed by atoms with Crippen molar-refractivity contribution >= 4 is 23.7 Å². The summed E-state index contributed by atoms with van der Waals surface area (Å²) in [5.74, 6) is -2.04. The Balaban J connectivity index is 1.68. The van der Waals surface area contributed by atoms with E-state index in [0.717, 1.165) is 5.56 Å². The average Bonchev–Trinajstić information content (AvgIpc) is 2.68. The number of aryl methyl sites for hydroxylation is 2. The number of nitrogens with zero attached hydrogens (tertiary/aromatic N) is 4. The summed E-state index contributed by atoms with van der Waals surface area (Å²) in [5, 5.41) is 2.65. The lowest BCUT2D eigenvalue weighted by Crippen LogP contribution is -2.59. The third kappa shape index (κ3) is 4.79. The Morgan fingerprint density at radius 2 is 1.73 bits per heavy atom. The van der Waals surface area contributed by atoms with E-state index in [1.54, 1.807) is 39.0 Å². The van der Waals surface area contributed by atoms with Crippen LogP contribution in [0.4, 0.5) is 10.3 Å². The first-order valence-corrected chi connectivity index (χ1v) is 9.76. The minimum absolute atomic E-state index is 0.171. The smallest absolute Gasteiger partial charge is 0.312 e. The van der Waals surface area contributed by atoms with Crippen LogP contribution in [0.2, 0.25) is 0 Å². The predicted molar refractivity (Wildman–Crippen MR) is 108 cm³/mol. The minimum Gasteiger partial charge on any atom is -0.328 e. The molecule has 0 saturated carbocycles. The summed E-state index contributed by atoms with van der Waals surface area (Å²) in [6.07, 6.45) is 0.341. The molecule has 2 heterocycles. The van der Waals surface area contributed by atoms with Gasteiger partial charge in [0.2, 0.25) is 11.9 Å². The number of amides is 3. The maximum absolute atomic E-state index is 13.1. The van der Waals surface area contributed by atoms with E-state index in [9.17, 15) is 18.8 Å². The van der Waals surface area contributed by atoms with E-state index in [0.29, 0.717) is 17.8 Å². The van der Waals surface area contributed by atoms with E-state index in [2.05, 4.69) is 15.3 Å². The van der Waals surface area contributed by atoms with Gasteiger partial charge in [0, 0.05) is 31.0 Å². The summed E-state index contributed by atoms with van der Waals surface area (Å²) < 4.78 is 13.1. The summed E-state index contributed by atoms with van der Waals surface area (Å²) in [7, 11) is 0. The van der Waals surface area contributed by atoms with Crippen LogP contribution in [0.25, 0.3) is 0 Å². The Hall–Kier alpha value is -3.36. The van der Waals surface area contributed by atoms with Gasteiger partial charge in [-0.25, -0.2) is 14.4 Å². The number of nitrogens with one attached hydrogen (secondary N) is 1. The maximum Gasteiger partial charge on any atom is 0.312 e. The lowest BCUT2D eigenvalue weighted by atomic mass is 10.1. The number of hydrogen-bond donors (Lipinski definition) is 1. The van der Waals surface area contributed by atoms with Gasteiger partial charge in [-0.15, -0.1) is 0 Å². The molecule has 3 rings (SSSR count). The molecule has 0 radical (unpaired) electrons. The van der Waals surface area contributed by atoms with Crippen molar-refractivity contribution < 1.29 is 18.8 Å². The van der Waals surface area contributed by atoms with Gasteiger partial charge in [-0.05, 0) is 44.0 Å². The zero-order chi connectivity index (χ0) is 21.8. The van der Waals surface area contributed by atoms with Gasteiger partial charge >= 0.3 is 11.8 Å². The second-order valence-electron chi connectivity index (χ2n) is 7.24. The van der Waals surface area contributed by atoms with Gasteiger partial charge in [0.15, 0.2) is 0 Å². The Morgan fingerprint density at radius 1 is 1.10 bits per heavy atom. The molecule has 0 aliphatic carbocycles. The zero-order valence-electron chi connectivity index (χ0n) is 17.2. The predicted octanol–water partition coefficient (Wildman–Crippen LogP) is 1.82. The van der Waals surface area contributed by atoms with Gasteiger partial charge in [-0.2, -0.15) is 0 Å². The van der Waals surface area contributed by atoms with Crippen LogP contribution < -0.4 is 5.32 Å². The molecule has 1 fully saturated rings. The SMILES string of the molecule is CCC(C(=O)Nc1nc(C)cc(C)n1)N1CCN(Cc2ccc(F)cc2)C(=O)C1=O. The molecule has 0 bridgehead atoms. The van der Waals surface area contributed by atoms with E-state index in [1.165, 1.54) is 21.9 Å². The van der Waals surface area contributed by atoms with Crippen LogP contribution in [0.1, 0.15) is 30.3 Å². The van der Waals surface area contributed by atoms with Crippen LogP contribution in [-0.4, -0.2) is 56.6 Å². The summed E-state index contributed by atoms with van der Waals surface area (Å²) >= 11 is 0. The molecular weight excluding hydrogens is 389 g/mol. The van der Waals surface area contributed by atoms with Crippen LogP contribution in [0, 0.1) is 19.7 Å². The quantitative estimate of drug-likeness (QED) is 0.729. The molecule has 158 valence electrons. The Kier molecular flexibility index (Phi) is 6.39.